The molecule has 0 fully saturated rings. The van der Waals surface area contributed by atoms with Crippen molar-refractivity contribution >= 4 is 23.2 Å². The molecule has 0 aliphatic heterocycles. The average Bonchev–Trinajstić information content (AvgIpc) is 2.60. The second-order valence-electron chi connectivity index (χ2n) is 5.30. The van der Waals surface area contributed by atoms with Gasteiger partial charge in [-0.25, -0.2) is 13.8 Å². The predicted molar refractivity (Wildman–Crippen MR) is 91.6 cm³/mol. The van der Waals surface area contributed by atoms with Crippen LogP contribution >= 0.6 is 11.6 Å². The minimum atomic E-state index is -0.498. The molecular formula is C18H12ClF2N3O. The van der Waals surface area contributed by atoms with E-state index in [1.165, 1.54) is 53.6 Å². The van der Waals surface area contributed by atoms with Gasteiger partial charge in [-0.05, 0) is 48.0 Å². The first kappa shape index (κ1) is 17.0. The van der Waals surface area contributed by atoms with Crippen LogP contribution in [0.25, 0.3) is 11.1 Å². The van der Waals surface area contributed by atoms with Crippen molar-refractivity contribution in [3.05, 3.63) is 77.3 Å². The number of benzene rings is 1. The van der Waals surface area contributed by atoms with Gasteiger partial charge >= 0.3 is 0 Å². The number of hydrogen-bond acceptors (Lipinski definition) is 3. The Morgan fingerprint density at radius 2 is 1.72 bits per heavy atom. The van der Waals surface area contributed by atoms with Gasteiger partial charge in [0.15, 0.2) is 0 Å². The molecule has 126 valence electrons. The normalized spacial score (nSPS) is 10.6. The van der Waals surface area contributed by atoms with Crippen molar-refractivity contribution in [3.8, 4) is 11.1 Å². The zero-order chi connectivity index (χ0) is 18.0. The average molecular weight is 360 g/mol. The Hall–Kier alpha value is -2.86. The fourth-order valence-corrected chi connectivity index (χ4v) is 2.51. The van der Waals surface area contributed by atoms with Crippen molar-refractivity contribution in [2.24, 2.45) is 0 Å². The number of anilines is 1. The number of hydrogen-bond donors (Lipinski definition) is 0. The molecule has 0 saturated heterocycles. The molecule has 0 unspecified atom stereocenters. The van der Waals surface area contributed by atoms with Crippen LogP contribution in [0.1, 0.15) is 10.5 Å². The van der Waals surface area contributed by atoms with Crippen LogP contribution < -0.4 is 4.90 Å². The van der Waals surface area contributed by atoms with Gasteiger partial charge in [-0.1, -0.05) is 11.6 Å². The quantitative estimate of drug-likeness (QED) is 0.653. The lowest BCUT2D eigenvalue weighted by Gasteiger charge is -2.17. The van der Waals surface area contributed by atoms with Gasteiger partial charge in [-0.3, -0.25) is 9.78 Å². The van der Waals surface area contributed by atoms with Gasteiger partial charge in [0.25, 0.3) is 5.91 Å². The predicted octanol–water partition coefficient (Wildman–Crippen LogP) is 4.35. The molecule has 0 bridgehead atoms. The lowest BCUT2D eigenvalue weighted by molar-refractivity contribution is 0.0988. The zero-order valence-electron chi connectivity index (χ0n) is 13.1. The van der Waals surface area contributed by atoms with Crippen molar-refractivity contribution in [1.29, 1.82) is 0 Å². The van der Waals surface area contributed by atoms with Gasteiger partial charge in [-0.15, -0.1) is 0 Å². The Bertz CT molecular complexity index is 932. The summed E-state index contributed by atoms with van der Waals surface area (Å²) in [6, 6.07) is 9.79. The molecule has 4 nitrogen and oxygen atoms in total. The number of carbonyl (C=O) groups is 1. The van der Waals surface area contributed by atoms with E-state index in [1.54, 1.807) is 7.05 Å². The molecule has 2 heterocycles. The van der Waals surface area contributed by atoms with Crippen molar-refractivity contribution in [1.82, 2.24) is 9.97 Å². The third kappa shape index (κ3) is 3.80. The van der Waals surface area contributed by atoms with Crippen LogP contribution in [-0.2, 0) is 0 Å². The van der Waals surface area contributed by atoms with Crippen LogP contribution in [0.5, 0.6) is 0 Å². The monoisotopic (exact) mass is 359 g/mol. The summed E-state index contributed by atoms with van der Waals surface area (Å²) in [4.78, 5) is 21.8. The van der Waals surface area contributed by atoms with Crippen LogP contribution in [0.15, 0.2) is 54.9 Å². The summed E-state index contributed by atoms with van der Waals surface area (Å²) in [6.07, 6.45) is 2.55. The molecular weight excluding hydrogens is 348 g/mol. The number of pyridine rings is 2. The molecule has 0 atom stereocenters. The topological polar surface area (TPSA) is 46.1 Å². The van der Waals surface area contributed by atoms with E-state index < -0.39 is 17.5 Å². The van der Waals surface area contributed by atoms with E-state index in [1.807, 2.05) is 0 Å². The first-order valence-electron chi connectivity index (χ1n) is 7.26. The van der Waals surface area contributed by atoms with E-state index in [0.29, 0.717) is 16.8 Å². The van der Waals surface area contributed by atoms with Crippen molar-refractivity contribution in [2.75, 3.05) is 11.9 Å². The molecule has 0 N–H and O–H groups in total. The third-order valence-corrected chi connectivity index (χ3v) is 3.76. The number of carbonyl (C=O) groups excluding carboxylic acids is 1. The Balaban J connectivity index is 1.96. The van der Waals surface area contributed by atoms with E-state index in [2.05, 4.69) is 9.97 Å². The summed E-state index contributed by atoms with van der Waals surface area (Å²) in [5, 5.41) is 0.0950. The maximum absolute atomic E-state index is 13.4. The molecule has 3 rings (SSSR count). The number of amides is 1. The SMILES string of the molecule is CN(C(=O)c1cc(-c2cncc(F)c2)cc(Cl)n1)c1ccc(F)cc1. The molecule has 1 aromatic carbocycles. The van der Waals surface area contributed by atoms with E-state index in [4.69, 9.17) is 11.6 Å². The molecule has 25 heavy (non-hydrogen) atoms. The Kier molecular flexibility index (Phi) is 4.72. The third-order valence-electron chi connectivity index (χ3n) is 3.57. The Morgan fingerprint density at radius 1 is 1.00 bits per heavy atom. The molecule has 1 amide bonds. The molecule has 0 spiro atoms. The molecule has 0 aliphatic carbocycles. The number of nitrogens with zero attached hydrogens (tertiary/aromatic N) is 3. The second-order valence-corrected chi connectivity index (χ2v) is 5.68. The van der Waals surface area contributed by atoms with Crippen LogP contribution in [0.3, 0.4) is 0 Å². The minimum Gasteiger partial charge on any atom is -0.310 e. The van der Waals surface area contributed by atoms with Gasteiger partial charge in [-0.2, -0.15) is 0 Å². The molecule has 2 aromatic heterocycles. The summed E-state index contributed by atoms with van der Waals surface area (Å²) in [6.45, 7) is 0. The summed E-state index contributed by atoms with van der Waals surface area (Å²) in [5.74, 6) is -1.33. The maximum Gasteiger partial charge on any atom is 0.276 e. The zero-order valence-corrected chi connectivity index (χ0v) is 13.8. The van der Waals surface area contributed by atoms with Crippen molar-refractivity contribution < 1.29 is 13.6 Å². The second kappa shape index (κ2) is 6.94. The number of aromatic nitrogens is 2. The van der Waals surface area contributed by atoms with Gasteiger partial charge in [0.05, 0.1) is 6.20 Å². The van der Waals surface area contributed by atoms with Gasteiger partial charge in [0, 0.05) is 24.5 Å². The van der Waals surface area contributed by atoms with E-state index in [-0.39, 0.29) is 10.8 Å². The molecule has 3 aromatic rings. The van der Waals surface area contributed by atoms with E-state index in [9.17, 15) is 13.6 Å². The Morgan fingerprint density at radius 3 is 2.40 bits per heavy atom. The highest BCUT2D eigenvalue weighted by Gasteiger charge is 2.17. The van der Waals surface area contributed by atoms with Crippen molar-refractivity contribution in [3.63, 3.8) is 0 Å². The van der Waals surface area contributed by atoms with Crippen LogP contribution in [0, 0.1) is 11.6 Å². The fraction of sp³-hybridized carbons (Fsp3) is 0.0556. The van der Waals surface area contributed by atoms with E-state index in [0.717, 1.165) is 6.20 Å². The largest absolute Gasteiger partial charge is 0.310 e. The highest BCUT2D eigenvalue weighted by molar-refractivity contribution is 6.30. The van der Waals surface area contributed by atoms with E-state index >= 15 is 0 Å². The standard InChI is InChI=1S/C18H12ClF2N3O/c1-24(15-4-2-13(20)3-5-15)18(25)16-7-11(8-17(19)23-16)12-6-14(21)10-22-9-12/h2-10H,1H3. The maximum atomic E-state index is 13.4. The van der Waals surface area contributed by atoms with Crippen molar-refractivity contribution in [2.45, 2.75) is 0 Å². The van der Waals surface area contributed by atoms with Gasteiger partial charge < -0.3 is 4.90 Å². The first-order valence-corrected chi connectivity index (χ1v) is 7.64. The summed E-state index contributed by atoms with van der Waals surface area (Å²) < 4.78 is 26.4. The van der Waals surface area contributed by atoms with Crippen LogP contribution in [0.2, 0.25) is 5.15 Å². The summed E-state index contributed by atoms with van der Waals surface area (Å²) >= 11 is 6.01. The molecule has 0 saturated carbocycles. The number of rotatable bonds is 3. The van der Waals surface area contributed by atoms with Crippen LogP contribution in [-0.4, -0.2) is 22.9 Å². The lowest BCUT2D eigenvalue weighted by Crippen LogP contribution is -2.27. The first-order chi connectivity index (χ1) is 11.9. The highest BCUT2D eigenvalue weighted by Crippen LogP contribution is 2.24. The Labute approximate surface area is 147 Å². The number of halogens is 3. The molecule has 0 aliphatic rings. The smallest absolute Gasteiger partial charge is 0.276 e. The highest BCUT2D eigenvalue weighted by atomic mass is 35.5. The summed E-state index contributed by atoms with van der Waals surface area (Å²) in [7, 11) is 1.54. The van der Waals surface area contributed by atoms with Crippen LogP contribution in [0.4, 0.5) is 14.5 Å². The molecule has 0 radical (unpaired) electrons. The minimum absolute atomic E-state index is 0.0820. The van der Waals surface area contributed by atoms with Gasteiger partial charge in [0.2, 0.25) is 0 Å². The summed E-state index contributed by atoms with van der Waals surface area (Å²) in [5.41, 5.74) is 1.58. The lowest BCUT2D eigenvalue weighted by atomic mass is 10.1. The fourth-order valence-electron chi connectivity index (χ4n) is 2.30. The van der Waals surface area contributed by atoms with Gasteiger partial charge in [0.1, 0.15) is 22.5 Å². The molecule has 7 heteroatoms.